The zero-order valence-corrected chi connectivity index (χ0v) is 15.7. The van der Waals surface area contributed by atoms with Gasteiger partial charge in [-0.3, -0.25) is 4.79 Å². The minimum Gasteiger partial charge on any atom is -0.366 e. The summed E-state index contributed by atoms with van der Waals surface area (Å²) < 4.78 is 1.46. The number of carbonyl (C=O) groups excluding carboxylic acids is 1. The molecule has 0 aliphatic heterocycles. The number of aromatic nitrogens is 2. The topological polar surface area (TPSA) is 46.9 Å². The minimum atomic E-state index is -0.151. The second-order valence-corrected chi connectivity index (χ2v) is 6.71. The highest BCUT2D eigenvalue weighted by atomic mass is 16.2. The van der Waals surface area contributed by atoms with E-state index in [0.29, 0.717) is 17.9 Å². The van der Waals surface area contributed by atoms with Crippen LogP contribution in [0.3, 0.4) is 0 Å². The van der Waals surface area contributed by atoms with E-state index in [0.717, 1.165) is 22.4 Å². The fourth-order valence-electron chi connectivity index (χ4n) is 3.10. The van der Waals surface area contributed by atoms with Crippen LogP contribution in [0.15, 0.2) is 91.0 Å². The van der Waals surface area contributed by atoms with Gasteiger partial charge in [-0.05, 0) is 24.6 Å². The summed E-state index contributed by atoms with van der Waals surface area (Å²) in [7, 11) is 0. The van der Waals surface area contributed by atoms with E-state index in [-0.39, 0.29) is 5.91 Å². The van der Waals surface area contributed by atoms with Crippen molar-refractivity contribution in [3.05, 3.63) is 108 Å². The second kappa shape index (κ2) is 7.92. The van der Waals surface area contributed by atoms with Crippen molar-refractivity contribution in [2.24, 2.45) is 0 Å². The molecular weight excluding hydrogens is 346 g/mol. The first-order valence-corrected chi connectivity index (χ1v) is 9.25. The van der Waals surface area contributed by atoms with Crippen molar-refractivity contribution in [3.63, 3.8) is 0 Å². The average Bonchev–Trinajstić information content (AvgIpc) is 3.17. The third-order valence-corrected chi connectivity index (χ3v) is 4.55. The lowest BCUT2D eigenvalue weighted by Gasteiger charge is -2.09. The molecule has 0 bridgehead atoms. The molecule has 0 saturated carbocycles. The summed E-state index contributed by atoms with van der Waals surface area (Å²) in [6, 6.07) is 29.5. The largest absolute Gasteiger partial charge is 0.366 e. The van der Waals surface area contributed by atoms with Gasteiger partial charge in [0.2, 0.25) is 0 Å². The monoisotopic (exact) mass is 367 g/mol. The summed E-state index contributed by atoms with van der Waals surface area (Å²) in [4.78, 5) is 13.1. The molecule has 0 radical (unpaired) electrons. The molecule has 1 aromatic heterocycles. The maximum Gasteiger partial charge on any atom is 0.280 e. The van der Waals surface area contributed by atoms with Gasteiger partial charge >= 0.3 is 0 Å². The Balaban J connectivity index is 1.70. The van der Waals surface area contributed by atoms with Crippen LogP contribution in [-0.4, -0.2) is 15.7 Å². The Bertz CT molecular complexity index is 1090. The number of aryl methyl sites for hydroxylation is 1. The van der Waals surface area contributed by atoms with Gasteiger partial charge in [-0.15, -0.1) is 0 Å². The normalized spacial score (nSPS) is 10.6. The van der Waals surface area contributed by atoms with Crippen LogP contribution in [0.1, 0.15) is 21.5 Å². The molecule has 0 saturated heterocycles. The van der Waals surface area contributed by atoms with Gasteiger partial charge in [0.25, 0.3) is 5.91 Å². The van der Waals surface area contributed by atoms with Gasteiger partial charge in [-0.1, -0.05) is 78.4 Å². The van der Waals surface area contributed by atoms with E-state index >= 15 is 0 Å². The third-order valence-electron chi connectivity index (χ3n) is 4.55. The van der Waals surface area contributed by atoms with Gasteiger partial charge in [-0.25, -0.2) is 0 Å². The number of hydrogen-bond donors (Lipinski definition) is 1. The maximum absolute atomic E-state index is 13.1. The van der Waals surface area contributed by atoms with Crippen LogP contribution in [0.25, 0.3) is 11.3 Å². The Morgan fingerprint density at radius 3 is 2.32 bits per heavy atom. The number of rotatable bonds is 5. The van der Waals surface area contributed by atoms with Crippen LogP contribution in [0.5, 0.6) is 0 Å². The molecule has 138 valence electrons. The van der Waals surface area contributed by atoms with E-state index in [1.54, 1.807) is 0 Å². The molecule has 28 heavy (non-hydrogen) atoms. The smallest absolute Gasteiger partial charge is 0.280 e. The van der Waals surface area contributed by atoms with Crippen molar-refractivity contribution in [2.75, 3.05) is 5.32 Å². The van der Waals surface area contributed by atoms with Crippen LogP contribution in [0.2, 0.25) is 0 Å². The number of benzene rings is 3. The van der Waals surface area contributed by atoms with E-state index in [4.69, 9.17) is 0 Å². The molecule has 0 spiro atoms. The molecule has 4 rings (SSSR count). The van der Waals surface area contributed by atoms with Gasteiger partial charge in [-0.2, -0.15) is 9.78 Å². The predicted octanol–water partition coefficient (Wildman–Crippen LogP) is 5.16. The summed E-state index contributed by atoms with van der Waals surface area (Å²) in [6.07, 6.45) is 0. The van der Waals surface area contributed by atoms with Crippen molar-refractivity contribution in [1.82, 2.24) is 9.78 Å². The van der Waals surface area contributed by atoms with E-state index in [1.165, 1.54) is 4.68 Å². The molecule has 0 amide bonds. The first-order chi connectivity index (χ1) is 13.7. The third kappa shape index (κ3) is 3.86. The maximum atomic E-state index is 13.1. The van der Waals surface area contributed by atoms with Crippen LogP contribution < -0.4 is 5.32 Å². The van der Waals surface area contributed by atoms with Crippen LogP contribution >= 0.6 is 0 Å². The average molecular weight is 367 g/mol. The van der Waals surface area contributed by atoms with Crippen molar-refractivity contribution in [3.8, 4) is 11.3 Å². The minimum absolute atomic E-state index is 0.151. The van der Waals surface area contributed by atoms with Gasteiger partial charge in [0.1, 0.15) is 5.82 Å². The number of nitrogens with zero attached hydrogens (tertiary/aromatic N) is 2. The SMILES string of the molecule is Cc1cccc(C(=O)n2nc(-c3ccccc3)cc2NCc2ccccc2)c1. The highest BCUT2D eigenvalue weighted by Gasteiger charge is 2.17. The Kier molecular flexibility index (Phi) is 5.02. The summed E-state index contributed by atoms with van der Waals surface area (Å²) in [5.41, 5.74) is 4.53. The molecule has 1 N–H and O–H groups in total. The summed E-state index contributed by atoms with van der Waals surface area (Å²) >= 11 is 0. The summed E-state index contributed by atoms with van der Waals surface area (Å²) in [6.45, 7) is 2.59. The molecule has 0 aliphatic rings. The van der Waals surface area contributed by atoms with Crippen molar-refractivity contribution < 1.29 is 4.79 Å². The molecular formula is C24H21N3O. The van der Waals surface area contributed by atoms with E-state index < -0.39 is 0 Å². The number of nitrogens with one attached hydrogen (secondary N) is 1. The van der Waals surface area contributed by atoms with Crippen LogP contribution in [-0.2, 0) is 6.54 Å². The summed E-state index contributed by atoms with van der Waals surface area (Å²) in [5, 5.41) is 7.97. The highest BCUT2D eigenvalue weighted by molar-refractivity contribution is 5.97. The standard InChI is InChI=1S/C24H21N3O/c1-18-9-8-14-21(15-18)24(28)27-23(25-17-19-10-4-2-5-11-19)16-22(26-27)20-12-6-3-7-13-20/h2-16,25H,17H2,1H3. The number of carbonyl (C=O) groups is 1. The zero-order chi connectivity index (χ0) is 19.3. The molecule has 4 aromatic rings. The lowest BCUT2D eigenvalue weighted by atomic mass is 10.1. The molecule has 1 heterocycles. The van der Waals surface area contributed by atoms with Crippen molar-refractivity contribution in [2.45, 2.75) is 13.5 Å². The molecule has 0 unspecified atom stereocenters. The fraction of sp³-hybridized carbons (Fsp3) is 0.0833. The van der Waals surface area contributed by atoms with Crippen LogP contribution in [0, 0.1) is 6.92 Å². The van der Waals surface area contributed by atoms with Gasteiger partial charge in [0.05, 0.1) is 5.69 Å². The van der Waals surface area contributed by atoms with Gasteiger partial charge in [0, 0.05) is 23.7 Å². The van der Waals surface area contributed by atoms with Gasteiger partial charge < -0.3 is 5.32 Å². The van der Waals surface area contributed by atoms with E-state index in [2.05, 4.69) is 10.4 Å². The Labute approximate surface area is 164 Å². The quantitative estimate of drug-likeness (QED) is 0.530. The Hall–Kier alpha value is -3.66. The molecule has 0 fully saturated rings. The fourth-order valence-corrected chi connectivity index (χ4v) is 3.10. The summed E-state index contributed by atoms with van der Waals surface area (Å²) in [5.74, 6) is 0.524. The highest BCUT2D eigenvalue weighted by Crippen LogP contribution is 2.23. The Morgan fingerprint density at radius 2 is 1.61 bits per heavy atom. The Morgan fingerprint density at radius 1 is 0.893 bits per heavy atom. The predicted molar refractivity (Wildman–Crippen MR) is 112 cm³/mol. The number of hydrogen-bond acceptors (Lipinski definition) is 3. The molecule has 4 heteroatoms. The molecule has 3 aromatic carbocycles. The van der Waals surface area contributed by atoms with E-state index in [9.17, 15) is 4.79 Å². The van der Waals surface area contributed by atoms with Crippen LogP contribution in [0.4, 0.5) is 5.82 Å². The number of anilines is 1. The van der Waals surface area contributed by atoms with Crippen molar-refractivity contribution in [1.29, 1.82) is 0 Å². The molecule has 4 nitrogen and oxygen atoms in total. The van der Waals surface area contributed by atoms with Gasteiger partial charge in [0.15, 0.2) is 0 Å². The first kappa shape index (κ1) is 17.7. The first-order valence-electron chi connectivity index (χ1n) is 9.25. The molecule has 0 atom stereocenters. The lowest BCUT2D eigenvalue weighted by Crippen LogP contribution is -2.17. The second-order valence-electron chi connectivity index (χ2n) is 6.71. The lowest BCUT2D eigenvalue weighted by molar-refractivity contribution is 0.0948. The zero-order valence-electron chi connectivity index (χ0n) is 15.7. The molecule has 0 aliphatic carbocycles. The van der Waals surface area contributed by atoms with Crippen molar-refractivity contribution >= 4 is 11.7 Å². The van der Waals surface area contributed by atoms with E-state index in [1.807, 2.05) is 97.9 Å².